The summed E-state index contributed by atoms with van der Waals surface area (Å²) < 4.78 is 25.3. The molecule has 0 bridgehead atoms. The predicted molar refractivity (Wildman–Crippen MR) is 83.0 cm³/mol. The molecular weight excluding hydrogens is 286 g/mol. The summed E-state index contributed by atoms with van der Waals surface area (Å²) in [5.74, 6) is 0. The average molecular weight is 307 g/mol. The summed E-state index contributed by atoms with van der Waals surface area (Å²) in [6.07, 6.45) is 6.07. The lowest BCUT2D eigenvalue weighted by atomic mass is 10.0. The van der Waals surface area contributed by atoms with Crippen LogP contribution in [0.25, 0.3) is 0 Å². The number of aromatic nitrogens is 2. The Morgan fingerprint density at radius 3 is 2.71 bits per heavy atom. The first kappa shape index (κ1) is 15.7. The van der Waals surface area contributed by atoms with E-state index in [1.165, 1.54) is 6.26 Å². The van der Waals surface area contributed by atoms with Gasteiger partial charge in [0.05, 0.1) is 17.1 Å². The first-order valence-electron chi connectivity index (χ1n) is 6.95. The van der Waals surface area contributed by atoms with Crippen molar-refractivity contribution in [2.45, 2.75) is 30.8 Å². The molecule has 1 unspecified atom stereocenters. The highest BCUT2D eigenvalue weighted by molar-refractivity contribution is 7.90. The largest absolute Gasteiger partial charge is 0.309 e. The Hall–Kier alpha value is -1.66. The molecule has 114 valence electrons. The summed E-state index contributed by atoms with van der Waals surface area (Å²) in [6, 6.07) is 6.96. The van der Waals surface area contributed by atoms with E-state index in [-0.39, 0.29) is 6.04 Å². The van der Waals surface area contributed by atoms with Crippen molar-refractivity contribution < 1.29 is 8.42 Å². The van der Waals surface area contributed by atoms with Crippen molar-refractivity contribution in [3.8, 4) is 0 Å². The van der Waals surface area contributed by atoms with Crippen LogP contribution >= 0.6 is 0 Å². The summed E-state index contributed by atoms with van der Waals surface area (Å²) in [6.45, 7) is 2.98. The van der Waals surface area contributed by atoms with Gasteiger partial charge in [-0.25, -0.2) is 8.42 Å². The number of nitrogens with zero attached hydrogens (tertiary/aromatic N) is 2. The Labute approximate surface area is 125 Å². The van der Waals surface area contributed by atoms with E-state index in [1.807, 2.05) is 30.2 Å². The van der Waals surface area contributed by atoms with E-state index < -0.39 is 9.84 Å². The van der Waals surface area contributed by atoms with Gasteiger partial charge in [0.15, 0.2) is 9.84 Å². The molecule has 1 atom stereocenters. The third-order valence-electron chi connectivity index (χ3n) is 3.35. The number of hydrogen-bond acceptors (Lipinski definition) is 4. The zero-order valence-corrected chi connectivity index (χ0v) is 13.4. The zero-order valence-electron chi connectivity index (χ0n) is 12.6. The first-order valence-corrected chi connectivity index (χ1v) is 8.84. The maximum atomic E-state index is 11.7. The SMILES string of the molecule is CCCn1cc(C(NC)c2cccc(S(C)(=O)=O)c2)cn1. The molecule has 1 aromatic carbocycles. The molecule has 2 rings (SSSR count). The number of nitrogens with one attached hydrogen (secondary N) is 1. The van der Waals surface area contributed by atoms with E-state index in [4.69, 9.17) is 0 Å². The third-order valence-corrected chi connectivity index (χ3v) is 4.46. The van der Waals surface area contributed by atoms with E-state index in [0.29, 0.717) is 4.90 Å². The Balaban J connectivity index is 2.36. The smallest absolute Gasteiger partial charge is 0.175 e. The molecular formula is C15H21N3O2S. The molecule has 0 amide bonds. The van der Waals surface area contributed by atoms with E-state index >= 15 is 0 Å². The Kier molecular flexibility index (Phi) is 4.80. The molecule has 21 heavy (non-hydrogen) atoms. The van der Waals surface area contributed by atoms with E-state index in [2.05, 4.69) is 17.3 Å². The molecule has 0 aliphatic carbocycles. The molecule has 1 N–H and O–H groups in total. The van der Waals surface area contributed by atoms with Crippen molar-refractivity contribution in [1.29, 1.82) is 0 Å². The van der Waals surface area contributed by atoms with E-state index in [1.54, 1.807) is 18.2 Å². The highest BCUT2D eigenvalue weighted by atomic mass is 32.2. The Bertz CT molecular complexity index is 707. The molecule has 0 fully saturated rings. The van der Waals surface area contributed by atoms with Crippen LogP contribution < -0.4 is 5.32 Å². The van der Waals surface area contributed by atoms with Crippen LogP contribution in [0.15, 0.2) is 41.6 Å². The molecule has 0 saturated carbocycles. The number of aryl methyl sites for hydroxylation is 1. The van der Waals surface area contributed by atoms with Crippen molar-refractivity contribution >= 4 is 9.84 Å². The van der Waals surface area contributed by atoms with Gasteiger partial charge >= 0.3 is 0 Å². The van der Waals surface area contributed by atoms with E-state index in [9.17, 15) is 8.42 Å². The normalized spacial score (nSPS) is 13.3. The standard InChI is InChI=1S/C15H21N3O2S/c1-4-8-18-11-13(10-17-18)15(16-2)12-6-5-7-14(9-12)21(3,19)20/h5-7,9-11,15-16H,4,8H2,1-3H3. The van der Waals surface area contributed by atoms with Crippen molar-refractivity contribution in [1.82, 2.24) is 15.1 Å². The monoisotopic (exact) mass is 307 g/mol. The summed E-state index contributed by atoms with van der Waals surface area (Å²) in [7, 11) is -1.35. The molecule has 0 saturated heterocycles. The van der Waals surface area contributed by atoms with Gasteiger partial charge in [-0.1, -0.05) is 19.1 Å². The third kappa shape index (κ3) is 3.71. The summed E-state index contributed by atoms with van der Waals surface area (Å²) >= 11 is 0. The van der Waals surface area contributed by atoms with Gasteiger partial charge in [-0.2, -0.15) is 5.10 Å². The fraction of sp³-hybridized carbons (Fsp3) is 0.400. The number of benzene rings is 1. The molecule has 0 aliphatic rings. The van der Waals surface area contributed by atoms with Crippen molar-refractivity contribution in [2.24, 2.45) is 0 Å². The van der Waals surface area contributed by atoms with Crippen LogP contribution in [0, 0.1) is 0 Å². The molecule has 5 nitrogen and oxygen atoms in total. The molecule has 0 radical (unpaired) electrons. The molecule has 0 aliphatic heterocycles. The number of sulfone groups is 1. The van der Waals surface area contributed by atoms with Gasteiger partial charge in [0.2, 0.25) is 0 Å². The van der Waals surface area contributed by atoms with Gasteiger partial charge in [-0.15, -0.1) is 0 Å². The number of hydrogen-bond donors (Lipinski definition) is 1. The lowest BCUT2D eigenvalue weighted by molar-refractivity contribution is 0.599. The average Bonchev–Trinajstić information content (AvgIpc) is 2.88. The Morgan fingerprint density at radius 1 is 1.33 bits per heavy atom. The van der Waals surface area contributed by atoms with Crippen LogP contribution in [0.5, 0.6) is 0 Å². The summed E-state index contributed by atoms with van der Waals surface area (Å²) in [5.41, 5.74) is 1.94. The van der Waals surface area contributed by atoms with Crippen LogP contribution in [0.1, 0.15) is 30.5 Å². The first-order chi connectivity index (χ1) is 9.95. The molecule has 6 heteroatoms. The molecule has 2 aromatic rings. The lowest BCUT2D eigenvalue weighted by Gasteiger charge is -2.15. The van der Waals surface area contributed by atoms with Crippen LogP contribution in [-0.4, -0.2) is 31.5 Å². The molecule has 0 spiro atoms. The Morgan fingerprint density at radius 2 is 2.10 bits per heavy atom. The zero-order chi connectivity index (χ0) is 15.5. The van der Waals surface area contributed by atoms with E-state index in [0.717, 1.165) is 24.1 Å². The van der Waals surface area contributed by atoms with Crippen LogP contribution in [0.4, 0.5) is 0 Å². The second-order valence-electron chi connectivity index (χ2n) is 5.10. The maximum absolute atomic E-state index is 11.7. The van der Waals surface area contributed by atoms with Gasteiger partial charge in [0.25, 0.3) is 0 Å². The topological polar surface area (TPSA) is 64.0 Å². The minimum Gasteiger partial charge on any atom is -0.309 e. The minimum atomic E-state index is -3.20. The van der Waals surface area contributed by atoms with Gasteiger partial charge in [-0.05, 0) is 31.2 Å². The second-order valence-corrected chi connectivity index (χ2v) is 7.12. The highest BCUT2D eigenvalue weighted by Crippen LogP contribution is 2.23. The van der Waals surface area contributed by atoms with Crippen molar-refractivity contribution in [3.63, 3.8) is 0 Å². The molecule has 1 heterocycles. The van der Waals surface area contributed by atoms with Crippen LogP contribution in [0.2, 0.25) is 0 Å². The van der Waals surface area contributed by atoms with Gasteiger partial charge in [0.1, 0.15) is 0 Å². The van der Waals surface area contributed by atoms with Crippen LogP contribution in [-0.2, 0) is 16.4 Å². The fourth-order valence-electron chi connectivity index (χ4n) is 2.33. The van der Waals surface area contributed by atoms with Crippen LogP contribution in [0.3, 0.4) is 0 Å². The predicted octanol–water partition coefficient (Wildman–Crippen LogP) is 2.01. The lowest BCUT2D eigenvalue weighted by Crippen LogP contribution is -2.17. The van der Waals surface area contributed by atoms with Crippen molar-refractivity contribution in [3.05, 3.63) is 47.8 Å². The summed E-state index contributed by atoms with van der Waals surface area (Å²) in [5, 5.41) is 7.55. The van der Waals surface area contributed by atoms with Gasteiger partial charge in [0, 0.05) is 24.6 Å². The maximum Gasteiger partial charge on any atom is 0.175 e. The van der Waals surface area contributed by atoms with Crippen molar-refractivity contribution in [2.75, 3.05) is 13.3 Å². The second kappa shape index (κ2) is 6.41. The minimum absolute atomic E-state index is 0.0719. The van der Waals surface area contributed by atoms with Gasteiger partial charge in [-0.3, -0.25) is 4.68 Å². The number of rotatable bonds is 6. The fourth-order valence-corrected chi connectivity index (χ4v) is 3.01. The quantitative estimate of drug-likeness (QED) is 0.886. The summed E-state index contributed by atoms with van der Waals surface area (Å²) in [4.78, 5) is 0.334. The molecule has 1 aromatic heterocycles. The highest BCUT2D eigenvalue weighted by Gasteiger charge is 2.16. The van der Waals surface area contributed by atoms with Gasteiger partial charge < -0.3 is 5.32 Å².